The van der Waals surface area contributed by atoms with E-state index in [4.69, 9.17) is 4.74 Å². The highest BCUT2D eigenvalue weighted by atomic mass is 32.2. The van der Waals surface area contributed by atoms with E-state index >= 15 is 0 Å². The number of methoxy groups -OCH3 is 1. The van der Waals surface area contributed by atoms with Gasteiger partial charge in [0.15, 0.2) is 0 Å². The summed E-state index contributed by atoms with van der Waals surface area (Å²) in [5.74, 6) is 0.292. The summed E-state index contributed by atoms with van der Waals surface area (Å²) in [7, 11) is -2.09. The molecular weight excluding hydrogens is 364 g/mol. The zero-order chi connectivity index (χ0) is 19.3. The van der Waals surface area contributed by atoms with Gasteiger partial charge in [0, 0.05) is 26.2 Å². The molecule has 0 atom stereocenters. The Hall–Kier alpha value is -1.60. The molecule has 0 radical (unpaired) electrons. The molecule has 1 aromatic rings. The molecule has 2 heterocycles. The van der Waals surface area contributed by atoms with Crippen molar-refractivity contribution in [2.45, 2.75) is 56.3 Å². The topological polar surface area (TPSA) is 66.9 Å². The molecule has 0 aromatic heterocycles. The fourth-order valence-corrected chi connectivity index (χ4v) is 5.43. The Morgan fingerprint density at radius 1 is 0.889 bits per heavy atom. The van der Waals surface area contributed by atoms with Gasteiger partial charge in [-0.25, -0.2) is 8.42 Å². The number of rotatable bonds is 4. The van der Waals surface area contributed by atoms with Crippen LogP contribution in [0.5, 0.6) is 5.75 Å². The number of sulfonamides is 1. The van der Waals surface area contributed by atoms with Crippen molar-refractivity contribution >= 4 is 15.9 Å². The number of hydrogen-bond donors (Lipinski definition) is 0. The first-order valence-electron chi connectivity index (χ1n) is 10.0. The molecule has 2 aliphatic heterocycles. The van der Waals surface area contributed by atoms with Crippen molar-refractivity contribution in [1.29, 1.82) is 0 Å². The quantitative estimate of drug-likeness (QED) is 0.786. The maximum Gasteiger partial charge on any atom is 0.257 e. The van der Waals surface area contributed by atoms with Crippen molar-refractivity contribution in [2.24, 2.45) is 0 Å². The molecule has 0 spiro atoms. The summed E-state index contributed by atoms with van der Waals surface area (Å²) < 4.78 is 33.1. The number of carbonyl (C=O) groups excluding carboxylic acids is 1. The van der Waals surface area contributed by atoms with Crippen LogP contribution in [0.15, 0.2) is 23.1 Å². The van der Waals surface area contributed by atoms with Gasteiger partial charge in [0.05, 0.1) is 17.6 Å². The third-order valence-electron chi connectivity index (χ3n) is 5.50. The summed E-state index contributed by atoms with van der Waals surface area (Å²) in [4.78, 5) is 15.1. The summed E-state index contributed by atoms with van der Waals surface area (Å²) in [5.41, 5.74) is 0.343. The third kappa shape index (κ3) is 4.63. The molecule has 2 fully saturated rings. The molecule has 7 heteroatoms. The lowest BCUT2D eigenvalue weighted by Crippen LogP contribution is -2.33. The average Bonchev–Trinajstić information content (AvgIpc) is 3.12. The number of hydrogen-bond acceptors (Lipinski definition) is 4. The van der Waals surface area contributed by atoms with E-state index in [-0.39, 0.29) is 10.8 Å². The molecular formula is C20H30N2O4S. The molecule has 2 aliphatic rings. The highest BCUT2D eigenvalue weighted by molar-refractivity contribution is 7.89. The molecule has 150 valence electrons. The second-order valence-corrected chi connectivity index (χ2v) is 9.32. The van der Waals surface area contributed by atoms with Crippen molar-refractivity contribution < 1.29 is 17.9 Å². The molecule has 6 nitrogen and oxygen atoms in total. The Kier molecular flexibility index (Phi) is 6.76. The van der Waals surface area contributed by atoms with Gasteiger partial charge in [-0.15, -0.1) is 0 Å². The number of benzene rings is 1. The number of likely N-dealkylation sites (tertiary alicyclic amines) is 1. The van der Waals surface area contributed by atoms with E-state index in [9.17, 15) is 13.2 Å². The third-order valence-corrected chi connectivity index (χ3v) is 7.39. The first-order valence-corrected chi connectivity index (χ1v) is 11.5. The van der Waals surface area contributed by atoms with Crippen LogP contribution < -0.4 is 4.74 Å². The fraction of sp³-hybridized carbons (Fsp3) is 0.650. The largest absolute Gasteiger partial charge is 0.496 e. The van der Waals surface area contributed by atoms with Gasteiger partial charge < -0.3 is 9.64 Å². The molecule has 0 aliphatic carbocycles. The number of nitrogens with zero attached hydrogens (tertiary/aromatic N) is 2. The minimum atomic E-state index is -3.60. The van der Waals surface area contributed by atoms with Crippen molar-refractivity contribution in [1.82, 2.24) is 9.21 Å². The van der Waals surface area contributed by atoms with Gasteiger partial charge in [0.2, 0.25) is 10.0 Å². The van der Waals surface area contributed by atoms with E-state index in [1.54, 1.807) is 16.4 Å². The summed E-state index contributed by atoms with van der Waals surface area (Å²) in [6, 6.07) is 4.67. The minimum Gasteiger partial charge on any atom is -0.496 e. The highest BCUT2D eigenvalue weighted by Crippen LogP contribution is 2.28. The monoisotopic (exact) mass is 394 g/mol. The Labute approximate surface area is 162 Å². The average molecular weight is 395 g/mol. The van der Waals surface area contributed by atoms with Gasteiger partial charge in [-0.3, -0.25) is 4.79 Å². The lowest BCUT2D eigenvalue weighted by atomic mass is 10.1. The van der Waals surface area contributed by atoms with Crippen molar-refractivity contribution in [3.8, 4) is 5.75 Å². The van der Waals surface area contributed by atoms with Gasteiger partial charge in [0.1, 0.15) is 5.75 Å². The van der Waals surface area contributed by atoms with Gasteiger partial charge >= 0.3 is 0 Å². The van der Waals surface area contributed by atoms with Gasteiger partial charge in [-0.05, 0) is 43.9 Å². The van der Waals surface area contributed by atoms with E-state index in [1.807, 2.05) is 4.90 Å². The zero-order valence-electron chi connectivity index (χ0n) is 16.2. The second-order valence-electron chi connectivity index (χ2n) is 7.39. The predicted molar refractivity (Wildman–Crippen MR) is 105 cm³/mol. The van der Waals surface area contributed by atoms with E-state index in [0.717, 1.165) is 51.4 Å². The molecule has 0 saturated carbocycles. The minimum absolute atomic E-state index is 0.137. The Bertz CT molecular complexity index is 747. The summed E-state index contributed by atoms with van der Waals surface area (Å²) in [6.45, 7) is 2.52. The van der Waals surface area contributed by atoms with Gasteiger partial charge in [-0.1, -0.05) is 25.7 Å². The Morgan fingerprint density at radius 2 is 1.44 bits per heavy atom. The Balaban J connectivity index is 1.91. The van der Waals surface area contributed by atoms with Crippen LogP contribution in [0.2, 0.25) is 0 Å². The first kappa shape index (κ1) is 20.1. The molecule has 1 amide bonds. The molecule has 3 rings (SSSR count). The normalized spacial score (nSPS) is 20.0. The van der Waals surface area contributed by atoms with Gasteiger partial charge in [0.25, 0.3) is 5.91 Å². The SMILES string of the molecule is COc1ccc(S(=O)(=O)N2CCCCCC2)cc1C(=O)N1CCCCCC1. The van der Waals surface area contributed by atoms with E-state index in [0.29, 0.717) is 37.5 Å². The maximum atomic E-state index is 13.1. The smallest absolute Gasteiger partial charge is 0.257 e. The van der Waals surface area contributed by atoms with Crippen LogP contribution in [-0.4, -0.2) is 56.8 Å². The van der Waals surface area contributed by atoms with Crippen LogP contribution in [0.25, 0.3) is 0 Å². The number of ether oxygens (including phenoxy) is 1. The van der Waals surface area contributed by atoms with Crippen LogP contribution in [0.3, 0.4) is 0 Å². The highest BCUT2D eigenvalue weighted by Gasteiger charge is 2.28. The van der Waals surface area contributed by atoms with Gasteiger partial charge in [-0.2, -0.15) is 4.31 Å². The maximum absolute atomic E-state index is 13.1. The predicted octanol–water partition coefficient (Wildman–Crippen LogP) is 3.28. The lowest BCUT2D eigenvalue weighted by molar-refractivity contribution is 0.0758. The van der Waals surface area contributed by atoms with Crippen LogP contribution in [0, 0.1) is 0 Å². The second kappa shape index (κ2) is 9.06. The fourth-order valence-electron chi connectivity index (χ4n) is 3.89. The van der Waals surface area contributed by atoms with Crippen molar-refractivity contribution in [3.05, 3.63) is 23.8 Å². The van der Waals surface area contributed by atoms with Crippen molar-refractivity contribution in [3.63, 3.8) is 0 Å². The van der Waals surface area contributed by atoms with Crippen LogP contribution >= 0.6 is 0 Å². The van der Waals surface area contributed by atoms with E-state index < -0.39 is 10.0 Å². The van der Waals surface area contributed by atoms with Crippen LogP contribution in [0.4, 0.5) is 0 Å². The summed E-state index contributed by atoms with van der Waals surface area (Å²) >= 11 is 0. The first-order chi connectivity index (χ1) is 13.0. The molecule has 2 saturated heterocycles. The van der Waals surface area contributed by atoms with Crippen molar-refractivity contribution in [2.75, 3.05) is 33.3 Å². The lowest BCUT2D eigenvalue weighted by Gasteiger charge is -2.23. The standard InChI is InChI=1S/C20H30N2O4S/c1-26-19-11-10-17(27(24,25)22-14-8-4-5-9-15-22)16-18(19)20(23)21-12-6-2-3-7-13-21/h10-11,16H,2-9,12-15H2,1H3. The molecule has 0 unspecified atom stereocenters. The van der Waals surface area contributed by atoms with E-state index in [1.165, 1.54) is 13.2 Å². The molecule has 27 heavy (non-hydrogen) atoms. The molecule has 0 N–H and O–H groups in total. The van der Waals surface area contributed by atoms with Crippen LogP contribution in [0.1, 0.15) is 61.7 Å². The molecule has 1 aromatic carbocycles. The zero-order valence-corrected chi connectivity index (χ0v) is 17.0. The Morgan fingerprint density at radius 3 is 2.00 bits per heavy atom. The van der Waals surface area contributed by atoms with E-state index in [2.05, 4.69) is 0 Å². The number of carbonyl (C=O) groups is 1. The number of amides is 1. The summed E-state index contributed by atoms with van der Waals surface area (Å²) in [5, 5.41) is 0. The summed E-state index contributed by atoms with van der Waals surface area (Å²) in [6.07, 6.45) is 8.12. The molecule has 0 bridgehead atoms. The van der Waals surface area contributed by atoms with Crippen LogP contribution in [-0.2, 0) is 10.0 Å².